The molecule has 1 aliphatic heterocycles. The van der Waals surface area contributed by atoms with Crippen LogP contribution in [-0.4, -0.2) is 59.6 Å². The summed E-state index contributed by atoms with van der Waals surface area (Å²) in [6.07, 6.45) is -4.04. The number of nitrogens with one attached hydrogen (secondary N) is 1. The van der Waals surface area contributed by atoms with E-state index in [-0.39, 0.29) is 38.0 Å². The number of carboxylic acid groups (broad SMARTS) is 1. The molecule has 186 valence electrons. The number of carbonyl (C=O) groups excluding carboxylic acids is 2. The van der Waals surface area contributed by atoms with Crippen molar-refractivity contribution in [2.75, 3.05) is 13.2 Å². The highest BCUT2D eigenvalue weighted by Crippen LogP contribution is 2.44. The maximum absolute atomic E-state index is 13.7. The molecule has 0 spiro atoms. The number of hydrogen-bond acceptors (Lipinski definition) is 4. The number of halogens is 2. The standard InChI is InChI=1S/C26H28F2N2O5/c1-15-12-16(25(32)33)10-11-30(15)23(31)13-22(24(27)28)29-26(34)35-14-21-19-8-4-2-6-17(19)18-7-3-5-9-20(18)21/h2-9,15-16,21-22,24H,10-14H2,1H3,(H,29,34)(H,32,33)/t15-,16-,22?/m0/s1. The van der Waals surface area contributed by atoms with Crippen LogP contribution in [0.5, 0.6) is 0 Å². The van der Waals surface area contributed by atoms with Crippen LogP contribution in [0.15, 0.2) is 48.5 Å². The molecule has 7 nitrogen and oxygen atoms in total. The zero-order valence-electron chi connectivity index (χ0n) is 19.3. The first-order chi connectivity index (χ1) is 16.8. The minimum Gasteiger partial charge on any atom is -0.481 e. The molecule has 1 heterocycles. The number of alkyl carbamates (subject to hydrolysis) is 1. The summed E-state index contributed by atoms with van der Waals surface area (Å²) in [5.41, 5.74) is 4.10. The predicted molar refractivity (Wildman–Crippen MR) is 124 cm³/mol. The van der Waals surface area contributed by atoms with Gasteiger partial charge < -0.3 is 20.1 Å². The SMILES string of the molecule is C[C@H]1C[C@@H](C(=O)O)CCN1C(=O)CC(NC(=O)OCC1c2ccccc2-c2ccccc21)C(F)F. The summed E-state index contributed by atoms with van der Waals surface area (Å²) in [5, 5.41) is 11.3. The minimum atomic E-state index is -2.97. The third-order valence-corrected chi connectivity index (χ3v) is 6.89. The molecule has 2 aliphatic rings. The molecular weight excluding hydrogens is 458 g/mol. The van der Waals surface area contributed by atoms with Gasteiger partial charge in [-0.2, -0.15) is 0 Å². The number of benzene rings is 2. The van der Waals surface area contributed by atoms with Gasteiger partial charge in [0.05, 0.1) is 12.3 Å². The average molecular weight is 487 g/mol. The lowest BCUT2D eigenvalue weighted by Gasteiger charge is -2.37. The maximum Gasteiger partial charge on any atom is 0.407 e. The van der Waals surface area contributed by atoms with Gasteiger partial charge in [0.1, 0.15) is 12.6 Å². The van der Waals surface area contributed by atoms with Crippen LogP contribution in [0.3, 0.4) is 0 Å². The van der Waals surface area contributed by atoms with Gasteiger partial charge in [0.2, 0.25) is 5.91 Å². The molecule has 35 heavy (non-hydrogen) atoms. The summed E-state index contributed by atoms with van der Waals surface area (Å²) < 4.78 is 32.7. The van der Waals surface area contributed by atoms with Gasteiger partial charge in [-0.05, 0) is 42.0 Å². The number of rotatable bonds is 7. The molecule has 3 atom stereocenters. The van der Waals surface area contributed by atoms with Gasteiger partial charge >= 0.3 is 12.1 Å². The molecule has 4 rings (SSSR count). The number of carboxylic acids is 1. The summed E-state index contributed by atoms with van der Waals surface area (Å²) >= 11 is 0. The van der Waals surface area contributed by atoms with Gasteiger partial charge in [-0.15, -0.1) is 0 Å². The number of nitrogens with zero attached hydrogens (tertiary/aromatic N) is 1. The van der Waals surface area contributed by atoms with Gasteiger partial charge in [0, 0.05) is 18.5 Å². The molecule has 1 aliphatic carbocycles. The van der Waals surface area contributed by atoms with Crippen molar-refractivity contribution < 1.29 is 33.0 Å². The van der Waals surface area contributed by atoms with Crippen LogP contribution in [0, 0.1) is 5.92 Å². The zero-order chi connectivity index (χ0) is 25.1. The Hall–Kier alpha value is -3.49. The highest BCUT2D eigenvalue weighted by molar-refractivity contribution is 5.80. The fourth-order valence-corrected chi connectivity index (χ4v) is 5.07. The molecule has 0 radical (unpaired) electrons. The van der Waals surface area contributed by atoms with E-state index in [2.05, 4.69) is 5.32 Å². The van der Waals surface area contributed by atoms with E-state index in [9.17, 15) is 28.3 Å². The Bertz CT molecular complexity index is 1060. The first-order valence-electron chi connectivity index (χ1n) is 11.7. The highest BCUT2D eigenvalue weighted by atomic mass is 19.3. The quantitative estimate of drug-likeness (QED) is 0.610. The van der Waals surface area contributed by atoms with Crippen molar-refractivity contribution in [2.45, 2.75) is 50.6 Å². The second-order valence-corrected chi connectivity index (χ2v) is 9.11. The number of fused-ring (bicyclic) bond motifs is 3. The third-order valence-electron chi connectivity index (χ3n) is 6.89. The molecule has 1 fully saturated rings. The summed E-state index contributed by atoms with van der Waals surface area (Å²) in [7, 11) is 0. The van der Waals surface area contributed by atoms with Crippen molar-refractivity contribution in [3.63, 3.8) is 0 Å². The molecular formula is C26H28F2N2O5. The number of hydrogen-bond donors (Lipinski definition) is 2. The van der Waals surface area contributed by atoms with Crippen LogP contribution >= 0.6 is 0 Å². The number of aliphatic carboxylic acids is 1. The molecule has 0 aromatic heterocycles. The van der Waals surface area contributed by atoms with Crippen molar-refractivity contribution in [3.8, 4) is 11.1 Å². The Morgan fingerprint density at radius 3 is 2.23 bits per heavy atom. The Morgan fingerprint density at radius 1 is 1.09 bits per heavy atom. The molecule has 2 N–H and O–H groups in total. The monoisotopic (exact) mass is 486 g/mol. The fourth-order valence-electron chi connectivity index (χ4n) is 5.07. The van der Waals surface area contributed by atoms with E-state index in [0.29, 0.717) is 0 Å². The zero-order valence-corrected chi connectivity index (χ0v) is 19.3. The van der Waals surface area contributed by atoms with Crippen LogP contribution in [0.2, 0.25) is 0 Å². The smallest absolute Gasteiger partial charge is 0.407 e. The lowest BCUT2D eigenvalue weighted by Crippen LogP contribution is -2.49. The minimum absolute atomic E-state index is 0.0243. The van der Waals surface area contributed by atoms with E-state index in [1.165, 1.54) is 4.90 Å². The Labute approximate surface area is 202 Å². The lowest BCUT2D eigenvalue weighted by atomic mass is 9.91. The normalized spacial score (nSPS) is 20.2. The Morgan fingerprint density at radius 2 is 1.69 bits per heavy atom. The van der Waals surface area contributed by atoms with Crippen molar-refractivity contribution in [2.24, 2.45) is 5.92 Å². The lowest BCUT2D eigenvalue weighted by molar-refractivity contribution is -0.147. The molecule has 1 saturated heterocycles. The van der Waals surface area contributed by atoms with Gasteiger partial charge in [-0.1, -0.05) is 48.5 Å². The molecule has 2 aromatic carbocycles. The Balaban J connectivity index is 1.35. The fraction of sp³-hybridized carbons (Fsp3) is 0.423. The van der Waals surface area contributed by atoms with E-state index < -0.39 is 42.8 Å². The highest BCUT2D eigenvalue weighted by Gasteiger charge is 2.35. The second-order valence-electron chi connectivity index (χ2n) is 9.11. The molecule has 2 amide bonds. The second kappa shape index (κ2) is 10.4. The van der Waals surface area contributed by atoms with Gasteiger partial charge in [-0.3, -0.25) is 9.59 Å². The van der Waals surface area contributed by atoms with E-state index in [1.54, 1.807) is 6.92 Å². The molecule has 9 heteroatoms. The van der Waals surface area contributed by atoms with Crippen LogP contribution in [-0.2, 0) is 14.3 Å². The maximum atomic E-state index is 13.7. The van der Waals surface area contributed by atoms with E-state index in [1.807, 2.05) is 48.5 Å². The first-order valence-corrected chi connectivity index (χ1v) is 11.7. The van der Waals surface area contributed by atoms with Crippen molar-refractivity contribution >= 4 is 18.0 Å². The van der Waals surface area contributed by atoms with E-state index in [0.717, 1.165) is 22.3 Å². The first kappa shape index (κ1) is 24.6. The third kappa shape index (κ3) is 5.28. The summed E-state index contributed by atoms with van der Waals surface area (Å²) in [5.74, 6) is -2.24. The summed E-state index contributed by atoms with van der Waals surface area (Å²) in [6.45, 7) is 1.85. The molecule has 2 aromatic rings. The van der Waals surface area contributed by atoms with Crippen molar-refractivity contribution in [3.05, 3.63) is 59.7 Å². The van der Waals surface area contributed by atoms with Gasteiger partial charge in [0.15, 0.2) is 0 Å². The average Bonchev–Trinajstić information content (AvgIpc) is 3.15. The summed E-state index contributed by atoms with van der Waals surface area (Å²) in [6, 6.07) is 13.5. The van der Waals surface area contributed by atoms with Crippen LogP contribution in [0.1, 0.15) is 43.2 Å². The van der Waals surface area contributed by atoms with E-state index >= 15 is 0 Å². The van der Waals surface area contributed by atoms with Crippen molar-refractivity contribution in [1.29, 1.82) is 0 Å². The van der Waals surface area contributed by atoms with Gasteiger partial charge in [-0.25, -0.2) is 13.6 Å². The largest absolute Gasteiger partial charge is 0.481 e. The Kier molecular flexibility index (Phi) is 7.33. The number of likely N-dealkylation sites (tertiary alicyclic amines) is 1. The van der Waals surface area contributed by atoms with E-state index in [4.69, 9.17) is 4.74 Å². The van der Waals surface area contributed by atoms with Crippen LogP contribution in [0.4, 0.5) is 13.6 Å². The number of carbonyl (C=O) groups is 3. The van der Waals surface area contributed by atoms with Crippen LogP contribution in [0.25, 0.3) is 11.1 Å². The van der Waals surface area contributed by atoms with Gasteiger partial charge in [0.25, 0.3) is 6.43 Å². The summed E-state index contributed by atoms with van der Waals surface area (Å²) in [4.78, 5) is 37.7. The number of ether oxygens (including phenoxy) is 1. The number of amides is 2. The molecule has 0 bridgehead atoms. The topological polar surface area (TPSA) is 95.9 Å². The van der Waals surface area contributed by atoms with Crippen LogP contribution < -0.4 is 5.32 Å². The van der Waals surface area contributed by atoms with Crippen molar-refractivity contribution in [1.82, 2.24) is 10.2 Å². The molecule has 1 unspecified atom stereocenters. The number of piperidine rings is 1. The number of alkyl halides is 2. The predicted octanol–water partition coefficient (Wildman–Crippen LogP) is 4.26. The molecule has 0 saturated carbocycles.